The van der Waals surface area contributed by atoms with Gasteiger partial charge < -0.3 is 12.4 Å². The fourth-order valence-corrected chi connectivity index (χ4v) is 1.78. The quantitative estimate of drug-likeness (QED) is 0.495. The number of aromatic amines is 1. The summed E-state index contributed by atoms with van der Waals surface area (Å²) < 4.78 is 0. The standard InChI is InChI=1S/C13H9ClN4O4.ClH/c14-10-2-1-9(7-11(10)18(21)22)13(20)17-16-12(19)8-3-5-15-6-4-8;/h1-7H,(H,16,19)(H,17,20);1H. The molecule has 23 heavy (non-hydrogen) atoms. The van der Waals surface area contributed by atoms with E-state index in [1.54, 1.807) is 12.4 Å². The van der Waals surface area contributed by atoms with Crippen LogP contribution in [0.3, 0.4) is 0 Å². The van der Waals surface area contributed by atoms with Gasteiger partial charge in [0.1, 0.15) is 5.02 Å². The van der Waals surface area contributed by atoms with E-state index in [0.29, 0.717) is 5.56 Å². The molecule has 0 aliphatic rings. The number of hydrogen-bond acceptors (Lipinski definition) is 4. The van der Waals surface area contributed by atoms with Gasteiger partial charge in [0, 0.05) is 23.8 Å². The smallest absolute Gasteiger partial charge is 0.288 e. The molecular weight excluding hydrogens is 347 g/mol. The summed E-state index contributed by atoms with van der Waals surface area (Å²) in [6, 6.07) is 6.63. The van der Waals surface area contributed by atoms with Crippen molar-refractivity contribution in [2.45, 2.75) is 0 Å². The molecule has 120 valence electrons. The van der Waals surface area contributed by atoms with Crippen molar-refractivity contribution in [1.82, 2.24) is 10.9 Å². The molecule has 3 N–H and O–H groups in total. The summed E-state index contributed by atoms with van der Waals surface area (Å²) in [6.07, 6.45) is 3.11. The van der Waals surface area contributed by atoms with Crippen LogP contribution >= 0.6 is 11.6 Å². The summed E-state index contributed by atoms with van der Waals surface area (Å²) in [6.45, 7) is 0. The molecule has 0 unspecified atom stereocenters. The minimum absolute atomic E-state index is 0. The normalized spacial score (nSPS) is 9.43. The fraction of sp³-hybridized carbons (Fsp3) is 0. The van der Waals surface area contributed by atoms with E-state index in [1.807, 2.05) is 0 Å². The first-order valence-corrected chi connectivity index (χ1v) is 6.37. The number of rotatable bonds is 3. The molecule has 1 heterocycles. The average molecular weight is 357 g/mol. The van der Waals surface area contributed by atoms with E-state index in [2.05, 4.69) is 15.8 Å². The summed E-state index contributed by atoms with van der Waals surface area (Å²) in [5.41, 5.74) is 4.32. The largest absolute Gasteiger partial charge is 1.00 e. The van der Waals surface area contributed by atoms with Gasteiger partial charge in [0.25, 0.3) is 17.5 Å². The molecule has 0 saturated carbocycles. The van der Waals surface area contributed by atoms with E-state index in [0.717, 1.165) is 6.07 Å². The van der Waals surface area contributed by atoms with Crippen molar-refractivity contribution in [2.24, 2.45) is 0 Å². The number of hydrogen-bond donors (Lipinski definition) is 2. The predicted octanol–water partition coefficient (Wildman–Crippen LogP) is -1.86. The van der Waals surface area contributed by atoms with Crippen molar-refractivity contribution < 1.29 is 31.9 Å². The summed E-state index contributed by atoms with van der Waals surface area (Å²) in [7, 11) is 0. The Morgan fingerprint density at radius 2 is 1.61 bits per heavy atom. The first kappa shape index (κ1) is 18.3. The van der Waals surface area contributed by atoms with Crippen LogP contribution in [-0.2, 0) is 0 Å². The molecule has 2 aromatic rings. The number of pyridine rings is 1. The maximum atomic E-state index is 11.9. The average Bonchev–Trinajstić information content (AvgIpc) is 2.53. The van der Waals surface area contributed by atoms with Crippen molar-refractivity contribution in [2.75, 3.05) is 0 Å². The number of H-pyrrole nitrogens is 1. The lowest BCUT2D eigenvalue weighted by Gasteiger charge is -2.07. The van der Waals surface area contributed by atoms with Gasteiger partial charge in [-0.2, -0.15) is 0 Å². The first-order valence-electron chi connectivity index (χ1n) is 6.00. The summed E-state index contributed by atoms with van der Waals surface area (Å²) in [4.78, 5) is 36.4. The van der Waals surface area contributed by atoms with Crippen molar-refractivity contribution in [1.29, 1.82) is 0 Å². The van der Waals surface area contributed by atoms with E-state index in [-0.39, 0.29) is 28.7 Å². The minimum Gasteiger partial charge on any atom is -1.00 e. The lowest BCUT2D eigenvalue weighted by molar-refractivity contribution is -0.384. The monoisotopic (exact) mass is 356 g/mol. The lowest BCUT2D eigenvalue weighted by Crippen LogP contribution is -3.00. The number of halogens is 2. The van der Waals surface area contributed by atoms with E-state index in [9.17, 15) is 19.7 Å². The fourth-order valence-electron chi connectivity index (χ4n) is 1.59. The first-order chi connectivity index (χ1) is 10.5. The molecule has 0 atom stereocenters. The number of nitrogens with zero attached hydrogens (tertiary/aromatic N) is 1. The third kappa shape index (κ3) is 4.63. The van der Waals surface area contributed by atoms with Crippen LogP contribution < -0.4 is 28.2 Å². The minimum atomic E-state index is -0.699. The number of amides is 2. The zero-order valence-electron chi connectivity index (χ0n) is 11.4. The molecule has 2 rings (SSSR count). The Bertz CT molecular complexity index is 740. The summed E-state index contributed by atoms with van der Waals surface area (Å²) in [5.74, 6) is -1.22. The Morgan fingerprint density at radius 3 is 2.17 bits per heavy atom. The molecule has 0 saturated heterocycles. The van der Waals surface area contributed by atoms with Gasteiger partial charge in [0.2, 0.25) is 0 Å². The van der Waals surface area contributed by atoms with Crippen LogP contribution in [-0.4, -0.2) is 16.7 Å². The SMILES string of the molecule is O=C(NNC(=O)c1ccc(Cl)c([N+](=O)[O-])c1)c1cc[nH+]cc1.[Cl-]. The third-order valence-corrected chi connectivity index (χ3v) is 2.99. The van der Waals surface area contributed by atoms with Gasteiger partial charge in [0.15, 0.2) is 12.4 Å². The molecule has 1 aromatic heterocycles. The third-order valence-electron chi connectivity index (χ3n) is 2.68. The van der Waals surface area contributed by atoms with Gasteiger partial charge in [-0.15, -0.1) is 0 Å². The van der Waals surface area contributed by atoms with E-state index in [1.165, 1.54) is 24.3 Å². The van der Waals surface area contributed by atoms with Crippen LogP contribution in [0.4, 0.5) is 5.69 Å². The highest BCUT2D eigenvalue weighted by atomic mass is 35.5. The number of nitro groups is 1. The molecule has 0 spiro atoms. The van der Waals surface area contributed by atoms with Gasteiger partial charge in [-0.05, 0) is 12.1 Å². The Balaban J connectivity index is 0.00000264. The second kappa shape index (κ2) is 8.06. The molecule has 0 fully saturated rings. The molecule has 8 nitrogen and oxygen atoms in total. The van der Waals surface area contributed by atoms with Crippen molar-refractivity contribution >= 4 is 29.1 Å². The number of nitro benzene ring substituents is 1. The van der Waals surface area contributed by atoms with E-state index in [4.69, 9.17) is 11.6 Å². The van der Waals surface area contributed by atoms with E-state index < -0.39 is 16.7 Å². The summed E-state index contributed by atoms with van der Waals surface area (Å²) in [5, 5.41) is 10.7. The van der Waals surface area contributed by atoms with Gasteiger partial charge in [-0.3, -0.25) is 30.6 Å². The van der Waals surface area contributed by atoms with E-state index >= 15 is 0 Å². The Hall–Kier alpha value is -2.71. The lowest BCUT2D eigenvalue weighted by atomic mass is 10.2. The highest BCUT2D eigenvalue weighted by molar-refractivity contribution is 6.32. The number of hydrazine groups is 1. The van der Waals surface area contributed by atoms with Gasteiger partial charge in [0.05, 0.1) is 10.5 Å². The predicted molar refractivity (Wildman–Crippen MR) is 76.0 cm³/mol. The zero-order chi connectivity index (χ0) is 16.1. The van der Waals surface area contributed by atoms with Gasteiger partial charge in [-0.1, -0.05) is 11.6 Å². The molecule has 0 aliphatic carbocycles. The number of benzene rings is 1. The van der Waals surface area contributed by atoms with Gasteiger partial charge >= 0.3 is 0 Å². The van der Waals surface area contributed by atoms with Gasteiger partial charge in [-0.25, -0.2) is 4.98 Å². The molecule has 0 aliphatic heterocycles. The van der Waals surface area contributed by atoms with Crippen LogP contribution in [0.1, 0.15) is 20.7 Å². The Kier molecular flexibility index (Phi) is 6.43. The highest BCUT2D eigenvalue weighted by Gasteiger charge is 2.16. The van der Waals surface area contributed by atoms with Crippen molar-refractivity contribution in [3.63, 3.8) is 0 Å². The number of aromatic nitrogens is 1. The number of nitrogens with one attached hydrogen (secondary N) is 3. The molecule has 0 bridgehead atoms. The zero-order valence-corrected chi connectivity index (χ0v) is 12.9. The topological polar surface area (TPSA) is 115 Å². The van der Waals surface area contributed by atoms with Crippen LogP contribution in [0.15, 0.2) is 42.7 Å². The van der Waals surface area contributed by atoms with Crippen LogP contribution in [0.25, 0.3) is 0 Å². The maximum Gasteiger partial charge on any atom is 0.288 e. The Morgan fingerprint density at radius 1 is 1.04 bits per heavy atom. The van der Waals surface area contributed by atoms with Crippen molar-refractivity contribution in [3.05, 3.63) is 69.0 Å². The van der Waals surface area contributed by atoms with Crippen molar-refractivity contribution in [3.8, 4) is 0 Å². The molecule has 0 radical (unpaired) electrons. The van der Waals surface area contributed by atoms with Crippen LogP contribution in [0.2, 0.25) is 5.02 Å². The highest BCUT2D eigenvalue weighted by Crippen LogP contribution is 2.24. The van der Waals surface area contributed by atoms with Crippen LogP contribution in [0, 0.1) is 10.1 Å². The second-order valence-electron chi connectivity index (χ2n) is 4.12. The number of carbonyl (C=O) groups excluding carboxylic acids is 2. The van der Waals surface area contributed by atoms with Crippen LogP contribution in [0.5, 0.6) is 0 Å². The molecule has 10 heteroatoms. The second-order valence-corrected chi connectivity index (χ2v) is 4.53. The molecule has 1 aromatic carbocycles. The maximum absolute atomic E-state index is 11.9. The summed E-state index contributed by atoms with van der Waals surface area (Å²) >= 11 is 5.66. The number of carbonyl (C=O) groups is 2. The molecular formula is C13H10Cl2N4O4. The molecule has 2 amide bonds. The Labute approximate surface area is 141 Å².